The van der Waals surface area contributed by atoms with Crippen molar-refractivity contribution in [3.05, 3.63) is 71.3 Å². The number of ether oxygens (including phenoxy) is 1. The fourth-order valence-electron chi connectivity index (χ4n) is 3.50. The van der Waals surface area contributed by atoms with Crippen molar-refractivity contribution in [2.45, 2.75) is 39.3 Å². The molecule has 0 radical (unpaired) electrons. The third kappa shape index (κ3) is 6.78. The van der Waals surface area contributed by atoms with Crippen LogP contribution in [-0.2, 0) is 11.3 Å². The van der Waals surface area contributed by atoms with Crippen molar-refractivity contribution in [3.63, 3.8) is 0 Å². The Balaban J connectivity index is 0.00000280. The summed E-state index contributed by atoms with van der Waals surface area (Å²) in [5.41, 5.74) is 3.77. The highest BCUT2D eigenvalue weighted by atomic mass is 127. The molecule has 2 N–H and O–H groups in total. The Morgan fingerprint density at radius 1 is 1.07 bits per heavy atom. The average molecular weight is 493 g/mol. The standard InChI is InChI=1S/C23H31N3O.HI/c1-3-24-23(25-16-19-13-11-18(2)12-14-19)26-17-21-10-7-15-27-22(21)20-8-5-4-6-9-20;/h4-6,8-9,11-14,21-22H,3,7,10,15-17H2,1-2H3,(H2,24,25,26);1H. The van der Waals surface area contributed by atoms with Gasteiger partial charge in [0.1, 0.15) is 0 Å². The van der Waals surface area contributed by atoms with E-state index >= 15 is 0 Å². The molecule has 0 aliphatic carbocycles. The molecule has 0 saturated carbocycles. The maximum Gasteiger partial charge on any atom is 0.191 e. The first-order chi connectivity index (χ1) is 13.3. The normalized spacial score (nSPS) is 19.6. The van der Waals surface area contributed by atoms with Gasteiger partial charge in [-0.2, -0.15) is 0 Å². The third-order valence-electron chi connectivity index (χ3n) is 4.99. The van der Waals surface area contributed by atoms with Gasteiger partial charge in [-0.15, -0.1) is 24.0 Å². The average Bonchev–Trinajstić information content (AvgIpc) is 2.72. The molecule has 2 unspecified atom stereocenters. The lowest BCUT2D eigenvalue weighted by molar-refractivity contribution is -0.0265. The van der Waals surface area contributed by atoms with Crippen LogP contribution in [0.25, 0.3) is 0 Å². The van der Waals surface area contributed by atoms with Gasteiger partial charge in [-0.1, -0.05) is 60.2 Å². The Bertz CT molecular complexity index is 718. The van der Waals surface area contributed by atoms with E-state index in [1.54, 1.807) is 0 Å². The van der Waals surface area contributed by atoms with Gasteiger partial charge in [0, 0.05) is 25.6 Å². The van der Waals surface area contributed by atoms with Gasteiger partial charge in [-0.3, -0.25) is 0 Å². The van der Waals surface area contributed by atoms with E-state index in [0.717, 1.165) is 32.1 Å². The van der Waals surface area contributed by atoms with Crippen molar-refractivity contribution in [2.24, 2.45) is 10.9 Å². The van der Waals surface area contributed by atoms with Crippen LogP contribution in [0.2, 0.25) is 0 Å². The fraction of sp³-hybridized carbons (Fsp3) is 0.435. The molecule has 0 bridgehead atoms. The smallest absolute Gasteiger partial charge is 0.191 e. The molecule has 28 heavy (non-hydrogen) atoms. The molecule has 1 aliphatic rings. The second-order valence-electron chi connectivity index (χ2n) is 7.17. The molecule has 152 valence electrons. The molecule has 0 spiro atoms. The molecule has 5 heteroatoms. The van der Waals surface area contributed by atoms with Gasteiger partial charge in [-0.25, -0.2) is 4.99 Å². The summed E-state index contributed by atoms with van der Waals surface area (Å²) in [6.07, 6.45) is 2.45. The number of halogens is 1. The summed E-state index contributed by atoms with van der Waals surface area (Å²) < 4.78 is 6.11. The first-order valence-corrected chi connectivity index (χ1v) is 10.0. The lowest BCUT2D eigenvalue weighted by Gasteiger charge is -2.32. The number of guanidine groups is 1. The van der Waals surface area contributed by atoms with Crippen molar-refractivity contribution < 1.29 is 4.74 Å². The largest absolute Gasteiger partial charge is 0.373 e. The number of benzene rings is 2. The van der Waals surface area contributed by atoms with E-state index in [0.29, 0.717) is 12.5 Å². The molecular weight excluding hydrogens is 461 g/mol. The summed E-state index contributed by atoms with van der Waals surface area (Å²) in [7, 11) is 0. The molecule has 2 aromatic rings. The van der Waals surface area contributed by atoms with Crippen LogP contribution < -0.4 is 10.6 Å². The number of aryl methyl sites for hydroxylation is 1. The molecule has 3 rings (SSSR count). The highest BCUT2D eigenvalue weighted by molar-refractivity contribution is 14.0. The number of aliphatic imine (C=N–C) groups is 1. The second kappa shape index (κ2) is 12.1. The Kier molecular flexibility index (Phi) is 9.78. The monoisotopic (exact) mass is 493 g/mol. The van der Waals surface area contributed by atoms with Gasteiger partial charge >= 0.3 is 0 Å². The minimum atomic E-state index is 0. The lowest BCUT2D eigenvalue weighted by atomic mass is 9.89. The predicted octanol–water partition coefficient (Wildman–Crippen LogP) is 4.84. The van der Waals surface area contributed by atoms with Crippen molar-refractivity contribution in [1.82, 2.24) is 10.6 Å². The molecule has 0 amide bonds. The topological polar surface area (TPSA) is 45.7 Å². The summed E-state index contributed by atoms with van der Waals surface area (Å²) >= 11 is 0. The van der Waals surface area contributed by atoms with Gasteiger partial charge in [0.15, 0.2) is 5.96 Å². The van der Waals surface area contributed by atoms with E-state index in [1.165, 1.54) is 23.1 Å². The summed E-state index contributed by atoms with van der Waals surface area (Å²) in [6.45, 7) is 7.44. The number of nitrogens with zero attached hydrogens (tertiary/aromatic N) is 1. The van der Waals surface area contributed by atoms with Crippen LogP contribution in [-0.4, -0.2) is 25.7 Å². The number of rotatable bonds is 6. The minimum absolute atomic E-state index is 0. The molecule has 2 aromatic carbocycles. The molecule has 0 aromatic heterocycles. The van der Waals surface area contributed by atoms with E-state index in [2.05, 4.69) is 79.1 Å². The lowest BCUT2D eigenvalue weighted by Crippen LogP contribution is -2.42. The van der Waals surface area contributed by atoms with Crippen LogP contribution in [0, 0.1) is 12.8 Å². The number of hydrogen-bond acceptors (Lipinski definition) is 2. The molecule has 1 saturated heterocycles. The maximum absolute atomic E-state index is 6.11. The van der Waals surface area contributed by atoms with E-state index in [4.69, 9.17) is 9.73 Å². The highest BCUT2D eigenvalue weighted by Gasteiger charge is 2.27. The zero-order valence-corrected chi connectivity index (χ0v) is 19.2. The van der Waals surface area contributed by atoms with Crippen LogP contribution in [0.5, 0.6) is 0 Å². The van der Waals surface area contributed by atoms with Gasteiger partial charge in [0.05, 0.1) is 12.6 Å². The van der Waals surface area contributed by atoms with Crippen molar-refractivity contribution in [1.29, 1.82) is 0 Å². The summed E-state index contributed by atoms with van der Waals surface area (Å²) in [5.74, 6) is 1.32. The Morgan fingerprint density at radius 2 is 1.82 bits per heavy atom. The van der Waals surface area contributed by atoms with Crippen LogP contribution in [0.4, 0.5) is 0 Å². The van der Waals surface area contributed by atoms with Crippen LogP contribution in [0.15, 0.2) is 59.6 Å². The first-order valence-electron chi connectivity index (χ1n) is 10.0. The first kappa shape index (κ1) is 22.7. The van der Waals surface area contributed by atoms with E-state index < -0.39 is 0 Å². The number of nitrogens with one attached hydrogen (secondary N) is 2. The van der Waals surface area contributed by atoms with Crippen LogP contribution in [0.1, 0.15) is 42.6 Å². The SMILES string of the molecule is CCNC(=NCc1ccc(C)cc1)NCC1CCCOC1c1ccccc1.I. The van der Waals surface area contributed by atoms with Gasteiger partial charge < -0.3 is 15.4 Å². The molecule has 1 aliphatic heterocycles. The van der Waals surface area contributed by atoms with Crippen LogP contribution in [0.3, 0.4) is 0 Å². The minimum Gasteiger partial charge on any atom is -0.373 e. The zero-order chi connectivity index (χ0) is 18.9. The third-order valence-corrected chi connectivity index (χ3v) is 4.99. The van der Waals surface area contributed by atoms with Gasteiger partial charge in [-0.05, 0) is 37.8 Å². The van der Waals surface area contributed by atoms with Crippen LogP contribution >= 0.6 is 24.0 Å². The van der Waals surface area contributed by atoms with E-state index in [9.17, 15) is 0 Å². The Morgan fingerprint density at radius 3 is 2.54 bits per heavy atom. The maximum atomic E-state index is 6.11. The second-order valence-corrected chi connectivity index (χ2v) is 7.17. The summed E-state index contributed by atoms with van der Waals surface area (Å²) in [5, 5.41) is 6.89. The fourth-order valence-corrected chi connectivity index (χ4v) is 3.50. The molecular formula is C23H32IN3O. The number of hydrogen-bond donors (Lipinski definition) is 2. The van der Waals surface area contributed by atoms with Gasteiger partial charge in [0.25, 0.3) is 0 Å². The Labute approximate surface area is 186 Å². The van der Waals surface area contributed by atoms with E-state index in [-0.39, 0.29) is 30.1 Å². The van der Waals surface area contributed by atoms with Crippen molar-refractivity contribution in [3.8, 4) is 0 Å². The quantitative estimate of drug-likeness (QED) is 0.344. The Hall–Kier alpha value is -1.60. The highest BCUT2D eigenvalue weighted by Crippen LogP contribution is 2.33. The molecule has 1 fully saturated rings. The zero-order valence-electron chi connectivity index (χ0n) is 16.9. The predicted molar refractivity (Wildman–Crippen MR) is 127 cm³/mol. The van der Waals surface area contributed by atoms with E-state index in [1.807, 2.05) is 0 Å². The van der Waals surface area contributed by atoms with Crippen molar-refractivity contribution in [2.75, 3.05) is 19.7 Å². The van der Waals surface area contributed by atoms with Gasteiger partial charge in [0.2, 0.25) is 0 Å². The molecule has 2 atom stereocenters. The summed E-state index contributed by atoms with van der Waals surface area (Å²) in [4.78, 5) is 4.75. The molecule has 1 heterocycles. The molecule has 4 nitrogen and oxygen atoms in total. The van der Waals surface area contributed by atoms with Crippen molar-refractivity contribution >= 4 is 29.9 Å². The summed E-state index contributed by atoms with van der Waals surface area (Å²) in [6, 6.07) is 19.1.